The van der Waals surface area contributed by atoms with Gasteiger partial charge in [-0.25, -0.2) is 0 Å². The van der Waals surface area contributed by atoms with Gasteiger partial charge in [0.25, 0.3) is 0 Å². The van der Waals surface area contributed by atoms with Crippen molar-refractivity contribution in [1.29, 1.82) is 0 Å². The smallest absolute Gasteiger partial charge is 0.187 e. The summed E-state index contributed by atoms with van der Waals surface area (Å²) >= 11 is 5.19. The Bertz CT molecular complexity index is 680. The van der Waals surface area contributed by atoms with E-state index in [9.17, 15) is 0 Å². The summed E-state index contributed by atoms with van der Waals surface area (Å²) in [5.41, 5.74) is 3.87. The monoisotopic (exact) mass is 313 g/mol. The lowest BCUT2D eigenvalue weighted by atomic mass is 10.1. The first-order chi connectivity index (χ1) is 10.8. The fraction of sp³-hybridized carbons (Fsp3) is 0.294. The normalized spacial score (nSPS) is 17.9. The second-order valence-corrected chi connectivity index (χ2v) is 5.73. The maximum atomic E-state index is 5.53. The molecule has 2 N–H and O–H groups in total. The summed E-state index contributed by atoms with van der Waals surface area (Å²) in [6.45, 7) is 1.59. The molecule has 0 aliphatic carbocycles. The molecule has 2 aromatic rings. The Kier molecular flexibility index (Phi) is 4.98. The summed E-state index contributed by atoms with van der Waals surface area (Å²) in [5, 5.41) is 10.2. The maximum Gasteiger partial charge on any atom is 0.187 e. The SMILES string of the molecule is S=C(NCC1CCCO1)N/N=C/c1ccc2ccccc2c1. The Morgan fingerprint density at radius 3 is 2.95 bits per heavy atom. The highest BCUT2D eigenvalue weighted by Crippen LogP contribution is 2.14. The molecule has 1 aliphatic rings. The summed E-state index contributed by atoms with van der Waals surface area (Å²) in [6, 6.07) is 14.5. The number of ether oxygens (including phenoxy) is 1. The molecule has 1 atom stereocenters. The first kappa shape index (κ1) is 14.9. The van der Waals surface area contributed by atoms with Crippen molar-refractivity contribution < 1.29 is 4.74 Å². The molecule has 0 spiro atoms. The number of hydrogen-bond donors (Lipinski definition) is 2. The number of nitrogens with zero attached hydrogens (tertiary/aromatic N) is 1. The molecular formula is C17H19N3OS. The Balaban J connectivity index is 1.50. The van der Waals surface area contributed by atoms with Gasteiger partial charge >= 0.3 is 0 Å². The van der Waals surface area contributed by atoms with Crippen molar-refractivity contribution in [3.05, 3.63) is 48.0 Å². The lowest BCUT2D eigenvalue weighted by Gasteiger charge is -2.11. The Hall–Kier alpha value is -1.98. The van der Waals surface area contributed by atoms with Crippen LogP contribution in [0.3, 0.4) is 0 Å². The van der Waals surface area contributed by atoms with Crippen LogP contribution in [0.2, 0.25) is 0 Å². The minimum Gasteiger partial charge on any atom is -0.376 e. The molecule has 5 heteroatoms. The largest absolute Gasteiger partial charge is 0.376 e. The first-order valence-electron chi connectivity index (χ1n) is 7.48. The molecule has 1 saturated heterocycles. The summed E-state index contributed by atoms with van der Waals surface area (Å²) < 4.78 is 5.53. The minimum atomic E-state index is 0.268. The fourth-order valence-corrected chi connectivity index (χ4v) is 2.64. The third kappa shape index (κ3) is 4.02. The number of thiocarbonyl (C=S) groups is 1. The standard InChI is InChI=1S/C17H19N3OS/c22-17(18-12-16-6-3-9-21-16)20-19-11-13-7-8-14-4-1-2-5-15(14)10-13/h1-2,4-5,7-8,10-11,16H,3,6,9,12H2,(H2,18,20,22)/b19-11+. The van der Waals surface area contributed by atoms with E-state index in [2.05, 4.69) is 40.1 Å². The number of hydrazone groups is 1. The van der Waals surface area contributed by atoms with Gasteiger partial charge in [0, 0.05) is 13.2 Å². The van der Waals surface area contributed by atoms with Gasteiger partial charge in [0.2, 0.25) is 0 Å². The van der Waals surface area contributed by atoms with E-state index in [1.807, 2.05) is 18.2 Å². The molecule has 0 bridgehead atoms. The van der Waals surface area contributed by atoms with E-state index in [-0.39, 0.29) is 6.10 Å². The highest BCUT2D eigenvalue weighted by Gasteiger charge is 2.14. The lowest BCUT2D eigenvalue weighted by Crippen LogP contribution is -2.37. The van der Waals surface area contributed by atoms with Crippen LogP contribution in [0.1, 0.15) is 18.4 Å². The molecule has 0 saturated carbocycles. The highest BCUT2D eigenvalue weighted by atomic mass is 32.1. The van der Waals surface area contributed by atoms with Gasteiger partial charge < -0.3 is 10.1 Å². The maximum absolute atomic E-state index is 5.53. The van der Waals surface area contributed by atoms with E-state index in [1.165, 1.54) is 10.8 Å². The van der Waals surface area contributed by atoms with Crippen molar-refractivity contribution in [2.45, 2.75) is 18.9 Å². The zero-order chi connectivity index (χ0) is 15.2. The van der Waals surface area contributed by atoms with Gasteiger partial charge in [0.1, 0.15) is 0 Å². The lowest BCUT2D eigenvalue weighted by molar-refractivity contribution is 0.114. The number of rotatable bonds is 4. The molecule has 1 heterocycles. The second kappa shape index (κ2) is 7.33. The van der Waals surface area contributed by atoms with Gasteiger partial charge in [-0.05, 0) is 47.5 Å². The predicted octanol–water partition coefficient (Wildman–Crippen LogP) is 2.82. The van der Waals surface area contributed by atoms with Gasteiger partial charge in [-0.15, -0.1) is 0 Å². The van der Waals surface area contributed by atoms with Crippen LogP contribution in [-0.2, 0) is 4.74 Å². The summed E-state index contributed by atoms with van der Waals surface area (Å²) in [7, 11) is 0. The molecule has 4 nitrogen and oxygen atoms in total. The molecule has 1 fully saturated rings. The van der Waals surface area contributed by atoms with Crippen LogP contribution < -0.4 is 10.7 Å². The average Bonchev–Trinajstić information content (AvgIpc) is 3.06. The molecule has 0 aromatic heterocycles. The van der Waals surface area contributed by atoms with Crippen molar-refractivity contribution in [3.8, 4) is 0 Å². The van der Waals surface area contributed by atoms with Crippen LogP contribution in [-0.4, -0.2) is 30.6 Å². The highest BCUT2D eigenvalue weighted by molar-refractivity contribution is 7.80. The quantitative estimate of drug-likeness (QED) is 0.518. The summed E-state index contributed by atoms with van der Waals surface area (Å²) in [4.78, 5) is 0. The third-order valence-electron chi connectivity index (χ3n) is 3.67. The van der Waals surface area contributed by atoms with Crippen molar-refractivity contribution >= 4 is 34.3 Å². The minimum absolute atomic E-state index is 0.268. The molecular weight excluding hydrogens is 294 g/mol. The van der Waals surface area contributed by atoms with E-state index in [1.54, 1.807) is 6.21 Å². The number of benzene rings is 2. The number of hydrogen-bond acceptors (Lipinski definition) is 3. The van der Waals surface area contributed by atoms with Crippen LogP contribution in [0.25, 0.3) is 10.8 Å². The molecule has 1 unspecified atom stereocenters. The zero-order valence-electron chi connectivity index (χ0n) is 12.3. The predicted molar refractivity (Wildman–Crippen MR) is 94.3 cm³/mol. The van der Waals surface area contributed by atoms with E-state index >= 15 is 0 Å². The van der Waals surface area contributed by atoms with Crippen molar-refractivity contribution in [1.82, 2.24) is 10.7 Å². The summed E-state index contributed by atoms with van der Waals surface area (Å²) in [5.74, 6) is 0. The van der Waals surface area contributed by atoms with E-state index in [4.69, 9.17) is 17.0 Å². The first-order valence-corrected chi connectivity index (χ1v) is 7.89. The van der Waals surface area contributed by atoms with Gasteiger partial charge in [0.15, 0.2) is 5.11 Å². The van der Waals surface area contributed by atoms with Crippen LogP contribution in [0.15, 0.2) is 47.6 Å². The van der Waals surface area contributed by atoms with E-state index in [0.717, 1.165) is 31.6 Å². The Morgan fingerprint density at radius 1 is 1.27 bits per heavy atom. The average molecular weight is 313 g/mol. The van der Waals surface area contributed by atoms with Crippen LogP contribution in [0.4, 0.5) is 0 Å². The second-order valence-electron chi connectivity index (χ2n) is 5.32. The number of fused-ring (bicyclic) bond motifs is 1. The van der Waals surface area contributed by atoms with E-state index in [0.29, 0.717) is 5.11 Å². The van der Waals surface area contributed by atoms with Crippen LogP contribution >= 0.6 is 12.2 Å². The van der Waals surface area contributed by atoms with Crippen molar-refractivity contribution in [2.75, 3.05) is 13.2 Å². The molecule has 22 heavy (non-hydrogen) atoms. The van der Waals surface area contributed by atoms with Crippen molar-refractivity contribution in [2.24, 2.45) is 5.10 Å². The zero-order valence-corrected chi connectivity index (χ0v) is 13.1. The Morgan fingerprint density at radius 2 is 2.14 bits per heavy atom. The van der Waals surface area contributed by atoms with Crippen LogP contribution in [0, 0.1) is 0 Å². The number of nitrogens with one attached hydrogen (secondary N) is 2. The van der Waals surface area contributed by atoms with Gasteiger partial charge in [-0.2, -0.15) is 5.10 Å². The molecule has 0 amide bonds. The fourth-order valence-electron chi connectivity index (χ4n) is 2.50. The molecule has 3 rings (SSSR count). The summed E-state index contributed by atoms with van der Waals surface area (Å²) in [6.07, 6.45) is 4.26. The van der Waals surface area contributed by atoms with Crippen LogP contribution in [0.5, 0.6) is 0 Å². The Labute approximate surface area is 135 Å². The molecule has 1 aliphatic heterocycles. The van der Waals surface area contributed by atoms with E-state index < -0.39 is 0 Å². The van der Waals surface area contributed by atoms with Gasteiger partial charge in [-0.3, -0.25) is 5.43 Å². The molecule has 114 valence electrons. The van der Waals surface area contributed by atoms with Gasteiger partial charge in [0.05, 0.1) is 12.3 Å². The molecule has 0 radical (unpaired) electrons. The topological polar surface area (TPSA) is 45.6 Å². The molecule has 2 aromatic carbocycles. The van der Waals surface area contributed by atoms with Crippen molar-refractivity contribution in [3.63, 3.8) is 0 Å². The van der Waals surface area contributed by atoms with Gasteiger partial charge in [-0.1, -0.05) is 36.4 Å². The third-order valence-corrected chi connectivity index (χ3v) is 3.90.